The zero-order chi connectivity index (χ0) is 99.6. The lowest BCUT2D eigenvalue weighted by Crippen LogP contribution is -2.12. The van der Waals surface area contributed by atoms with Crippen molar-refractivity contribution in [2.24, 2.45) is 0 Å². The van der Waals surface area contributed by atoms with Crippen molar-refractivity contribution >= 4 is 219 Å². The lowest BCUT2D eigenvalue weighted by Gasteiger charge is -2.16. The Morgan fingerprint density at radius 1 is 0.207 bits per heavy atom. The number of aryl methyl sites for hydroxylation is 14. The predicted octanol–water partition coefficient (Wildman–Crippen LogP) is 36.7. The Labute approximate surface area is 836 Å². The largest absolute Gasteiger partial charge is 0.456 e. The molecule has 0 N–H and O–H groups in total. The summed E-state index contributed by atoms with van der Waals surface area (Å²) in [4.78, 5) is 32.2. The lowest BCUT2D eigenvalue weighted by molar-refractivity contribution is 0.562. The van der Waals surface area contributed by atoms with E-state index < -0.39 is 0 Å². The van der Waals surface area contributed by atoms with Gasteiger partial charge in [0, 0.05) is 149 Å². The van der Waals surface area contributed by atoms with Crippen molar-refractivity contribution in [2.45, 2.75) is 123 Å². The molecule has 0 saturated heterocycles. The highest BCUT2D eigenvalue weighted by atomic mass is 16.4. The van der Waals surface area contributed by atoms with Crippen LogP contribution in [0.5, 0.6) is 0 Å². The molecule has 0 aliphatic rings. The minimum Gasteiger partial charge on any atom is -0.456 e. The molecule has 0 amide bonds. The van der Waals surface area contributed by atoms with Crippen LogP contribution in [0.25, 0.3) is 242 Å². The van der Waals surface area contributed by atoms with E-state index in [0.717, 1.165) is 204 Å². The molecule has 145 heavy (non-hydrogen) atoms. The maximum Gasteiger partial charge on any atom is 0.227 e. The second kappa shape index (κ2) is 36.5. The normalized spacial score (nSPS) is 11.8. The first-order valence-corrected chi connectivity index (χ1v) is 49.3. The molecule has 29 aromatic rings. The molecular weight excluding hydrogens is 1780 g/mol. The van der Waals surface area contributed by atoms with Gasteiger partial charge in [-0.25, -0.2) is 19.9 Å². The van der Waals surface area contributed by atoms with Crippen LogP contribution >= 0.6 is 0 Å². The van der Waals surface area contributed by atoms with E-state index in [0.29, 0.717) is 5.71 Å². The van der Waals surface area contributed by atoms with Crippen LogP contribution in [0, 0.1) is 96.9 Å². The maximum absolute atomic E-state index is 6.26. The van der Waals surface area contributed by atoms with Crippen molar-refractivity contribution in [2.75, 3.05) is 0 Å². The van der Waals surface area contributed by atoms with Crippen LogP contribution in [0.15, 0.2) is 359 Å². The molecule has 706 valence electrons. The van der Waals surface area contributed by atoms with E-state index in [1.165, 1.54) is 116 Å². The number of nitrogens with zero attached hydrogens (tertiary/aromatic N) is 7. The molecule has 29 rings (SSSR count). The van der Waals surface area contributed by atoms with Gasteiger partial charge in [0.25, 0.3) is 0 Å². The first kappa shape index (κ1) is 91.3. The van der Waals surface area contributed by atoms with E-state index in [4.69, 9.17) is 45.9 Å². The summed E-state index contributed by atoms with van der Waals surface area (Å²) in [6, 6.07) is 105. The Kier molecular flexibility index (Phi) is 23.0. The Hall–Kier alpha value is -17.5. The van der Waals surface area contributed by atoms with Crippen LogP contribution in [-0.4, -0.2) is 34.9 Å². The third kappa shape index (κ3) is 16.5. The van der Waals surface area contributed by atoms with Gasteiger partial charge in [0.05, 0.1) is 16.7 Å². The maximum atomic E-state index is 6.26. The third-order valence-corrected chi connectivity index (χ3v) is 29.4. The fourth-order valence-electron chi connectivity index (χ4n) is 19.9. The monoisotopic (exact) mass is 1890 g/mol. The number of aromatic nitrogens is 7. The Bertz CT molecular complexity index is 10200. The van der Waals surface area contributed by atoms with Gasteiger partial charge in [0.2, 0.25) is 22.9 Å². The van der Waals surface area contributed by atoms with Gasteiger partial charge in [-0.1, -0.05) is 233 Å². The molecule has 0 spiro atoms. The molecule has 14 aromatic heterocycles. The number of hydrogen-bond acceptors (Lipinski definition) is 14. The Morgan fingerprint density at radius 3 is 1.26 bits per heavy atom. The van der Waals surface area contributed by atoms with Crippen molar-refractivity contribution in [3.05, 3.63) is 412 Å². The summed E-state index contributed by atoms with van der Waals surface area (Å²) in [6.07, 6.45) is 7.36. The molecule has 0 aliphatic heterocycles. The van der Waals surface area contributed by atoms with E-state index in [-0.39, 0.29) is 5.41 Å². The summed E-state index contributed by atoms with van der Waals surface area (Å²) in [7, 11) is 0. The van der Waals surface area contributed by atoms with Gasteiger partial charge in [-0.2, -0.15) is 0 Å². The standard InChI is InChI=1S/C25H19NO.2C21H15NO.2C17H13NO.C17H19NO.C13H11NO/c1-16-8-13-21-22-14-15-23(26-25(22)27-24(21)17(16)2)20-11-9-19(10-12-20)18-6-4-3-5-7-18;1-12-7-10-17-18-11-15-9-8-14-5-3-4-6-16(14)19(15)22-21(18)23-20(17)13(12)2;1-12-7-8-17-18-10-9-16-15-6-4-3-5-14(15)11-22-19(16)21(18)23-20(17)13(12)2;1-10-5-7-13-14-8-6-12-4-3-9-18-15(12)17(14)19-16(13)11(10)2;1-10-7-8-13-14-9-12-5-3-4-6-15(12)18-17(14)19-16(13)11(10)2;1-10-8-13-12-6-7-15(17(3,4)5)18-16(12)19-14(13)9-11(10)2;1-8-5-10-11-7-14-4-3-12(11)15-13(10)6-9(8)2/h3-15H,1-2H3;2*3-11H,1-2H3;2*3-9H,1-2H3;6-9H,1-5H3;3-7H,1-2H3. The summed E-state index contributed by atoms with van der Waals surface area (Å²) < 4.78 is 42.2. The average Bonchev–Trinajstić information content (AvgIpc) is 1.61. The number of furan rings is 7. The highest BCUT2D eigenvalue weighted by Crippen LogP contribution is 2.44. The van der Waals surface area contributed by atoms with Crippen LogP contribution < -0.4 is 0 Å². The smallest absolute Gasteiger partial charge is 0.227 e. The van der Waals surface area contributed by atoms with Gasteiger partial charge < -0.3 is 30.9 Å². The molecule has 0 bridgehead atoms. The summed E-state index contributed by atoms with van der Waals surface area (Å²) >= 11 is 0. The van der Waals surface area contributed by atoms with E-state index >= 15 is 0 Å². The van der Waals surface area contributed by atoms with E-state index in [2.05, 4.69) is 398 Å². The summed E-state index contributed by atoms with van der Waals surface area (Å²) in [5.74, 6) is 0. The van der Waals surface area contributed by atoms with E-state index in [9.17, 15) is 0 Å². The predicted molar refractivity (Wildman–Crippen MR) is 602 cm³/mol. The topological polar surface area (TPSA) is 182 Å². The Morgan fingerprint density at radius 2 is 0.634 bits per heavy atom. The minimum atomic E-state index is 0.0407. The third-order valence-electron chi connectivity index (χ3n) is 29.4. The van der Waals surface area contributed by atoms with Crippen LogP contribution in [0.4, 0.5) is 0 Å². The fourth-order valence-corrected chi connectivity index (χ4v) is 19.9. The van der Waals surface area contributed by atoms with Crippen LogP contribution in [0.1, 0.15) is 104 Å². The fraction of sp³-hybridized carbons (Fsp3) is 0.137. The molecule has 14 heterocycles. The molecular formula is C131H105N7O7. The van der Waals surface area contributed by atoms with Crippen molar-refractivity contribution in [1.29, 1.82) is 0 Å². The number of benzene rings is 15. The van der Waals surface area contributed by atoms with Crippen molar-refractivity contribution in [1.82, 2.24) is 34.9 Å². The molecule has 0 aliphatic carbocycles. The van der Waals surface area contributed by atoms with Gasteiger partial charge >= 0.3 is 0 Å². The number of fused-ring (bicyclic) bond motifs is 31. The van der Waals surface area contributed by atoms with Gasteiger partial charge in [-0.3, -0.25) is 15.0 Å². The van der Waals surface area contributed by atoms with Crippen LogP contribution in [0.2, 0.25) is 0 Å². The first-order valence-electron chi connectivity index (χ1n) is 49.3. The zero-order valence-electron chi connectivity index (χ0n) is 84.2. The molecule has 14 nitrogen and oxygen atoms in total. The van der Waals surface area contributed by atoms with E-state index in [1.807, 2.05) is 61.1 Å². The molecule has 0 unspecified atom stereocenters. The summed E-state index contributed by atoms with van der Waals surface area (Å²) in [5.41, 5.74) is 38.9. The summed E-state index contributed by atoms with van der Waals surface area (Å²) in [5, 5.41) is 25.1. The minimum absolute atomic E-state index is 0.0407. The second-order valence-corrected chi connectivity index (χ2v) is 39.6. The quantitative estimate of drug-likeness (QED) is 0.149. The molecule has 0 fully saturated rings. The SMILES string of the molecule is Cc1cc2oc3ccncc3c2cc1C.Cc1cc2oc3nc(C(C)(C)C)ccc3c2cc1C.Cc1ccc2c(oc3c2ccc2c4ccccc4cnc23)c1C.Cc1ccc2c(oc3c2ccc2cccnc23)c1C.Cc1ccc2c(oc3nc(-c4ccc(-c5ccccc5)cc4)ccc32)c1C.Cc1ccc2c(oc3nc4c(ccc5ccccc54)cc32)c1C.Cc1ccc2c(oc3nc4ccccc4cc32)c1C. The molecule has 0 radical (unpaired) electrons. The van der Waals surface area contributed by atoms with Gasteiger partial charge in [0.15, 0.2) is 11.2 Å². The molecule has 15 aromatic carbocycles. The van der Waals surface area contributed by atoms with Crippen LogP contribution in [-0.2, 0) is 5.41 Å². The first-order chi connectivity index (χ1) is 70.3. The Balaban J connectivity index is 0.0000000941. The summed E-state index contributed by atoms with van der Waals surface area (Å²) in [6.45, 7) is 36.0. The average molecular weight is 1890 g/mol. The second-order valence-electron chi connectivity index (χ2n) is 39.6. The lowest BCUT2D eigenvalue weighted by atomic mass is 9.91. The number of rotatable bonds is 2. The highest BCUT2D eigenvalue weighted by Gasteiger charge is 2.24. The number of hydrogen-bond donors (Lipinski definition) is 0. The van der Waals surface area contributed by atoms with Crippen molar-refractivity contribution in [3.8, 4) is 22.4 Å². The zero-order valence-corrected chi connectivity index (χ0v) is 84.2. The van der Waals surface area contributed by atoms with Gasteiger partial charge in [-0.15, -0.1) is 0 Å². The molecule has 0 saturated carbocycles. The van der Waals surface area contributed by atoms with E-state index in [1.54, 1.807) is 6.20 Å². The highest BCUT2D eigenvalue weighted by molar-refractivity contribution is 6.21. The van der Waals surface area contributed by atoms with Gasteiger partial charge in [0.1, 0.15) is 55.7 Å². The van der Waals surface area contributed by atoms with Crippen molar-refractivity contribution < 1.29 is 30.9 Å². The molecule has 14 heteroatoms. The van der Waals surface area contributed by atoms with Gasteiger partial charge in [-0.05, 0) is 288 Å². The molecule has 0 atom stereocenters. The van der Waals surface area contributed by atoms with Crippen LogP contribution in [0.3, 0.4) is 0 Å². The van der Waals surface area contributed by atoms with Crippen molar-refractivity contribution in [3.63, 3.8) is 0 Å². The number of para-hydroxylation sites is 1. The number of pyridine rings is 7.